The van der Waals surface area contributed by atoms with Crippen LogP contribution < -0.4 is 0 Å². The first-order chi connectivity index (χ1) is 8.68. The average Bonchev–Trinajstić information content (AvgIpc) is 3.06. The Labute approximate surface area is 104 Å². The molecular weight excluding hydrogens is 234 g/mol. The number of rotatable bonds is 5. The van der Waals surface area contributed by atoms with Crippen LogP contribution in [0.3, 0.4) is 0 Å². The number of hydrogen-bond donors (Lipinski definition) is 0. The topological polar surface area (TPSA) is 77.0 Å². The van der Waals surface area contributed by atoms with Crippen molar-refractivity contribution in [2.75, 3.05) is 13.6 Å². The number of likely N-dealkylation sites (N-methyl/N-ethyl adjacent to an activating group) is 1. The van der Waals surface area contributed by atoms with Gasteiger partial charge in [-0.1, -0.05) is 5.16 Å². The third kappa shape index (κ3) is 2.73. The standard InChI is InChI=1S/C11H15N5O2/c1-9(16-6-3-5-13-16)11(17)15(2)7-4-10-12-8-18-14-10/h3,5-6,8-9H,4,7H2,1-2H3/t9-/m1/s1. The SMILES string of the molecule is C[C@H](C(=O)N(C)CCc1ncon1)n1cccn1. The van der Waals surface area contributed by atoms with Crippen molar-refractivity contribution in [3.05, 3.63) is 30.7 Å². The van der Waals surface area contributed by atoms with Crippen LogP contribution in [0.1, 0.15) is 18.8 Å². The van der Waals surface area contributed by atoms with Gasteiger partial charge < -0.3 is 9.42 Å². The van der Waals surface area contributed by atoms with E-state index in [1.807, 2.05) is 6.92 Å². The van der Waals surface area contributed by atoms with Gasteiger partial charge in [0.1, 0.15) is 6.04 Å². The molecule has 0 aliphatic carbocycles. The lowest BCUT2D eigenvalue weighted by Gasteiger charge is -2.20. The Kier molecular flexibility index (Phi) is 3.71. The summed E-state index contributed by atoms with van der Waals surface area (Å²) >= 11 is 0. The molecule has 2 aromatic rings. The van der Waals surface area contributed by atoms with E-state index >= 15 is 0 Å². The third-order valence-electron chi connectivity index (χ3n) is 2.73. The summed E-state index contributed by atoms with van der Waals surface area (Å²) < 4.78 is 6.27. The van der Waals surface area contributed by atoms with Crippen LogP contribution in [-0.2, 0) is 11.2 Å². The van der Waals surface area contributed by atoms with Crippen LogP contribution in [0.15, 0.2) is 29.4 Å². The van der Waals surface area contributed by atoms with Crippen LogP contribution in [0.4, 0.5) is 0 Å². The molecule has 18 heavy (non-hydrogen) atoms. The smallest absolute Gasteiger partial charge is 0.246 e. The fraction of sp³-hybridized carbons (Fsp3) is 0.455. The highest BCUT2D eigenvalue weighted by Crippen LogP contribution is 2.07. The van der Waals surface area contributed by atoms with Crippen molar-refractivity contribution < 1.29 is 9.32 Å². The second-order valence-corrected chi connectivity index (χ2v) is 4.02. The lowest BCUT2D eigenvalue weighted by atomic mass is 10.3. The number of carbonyl (C=O) groups is 1. The fourth-order valence-corrected chi connectivity index (χ4v) is 1.62. The Morgan fingerprint density at radius 1 is 1.61 bits per heavy atom. The highest BCUT2D eigenvalue weighted by Gasteiger charge is 2.19. The quantitative estimate of drug-likeness (QED) is 0.772. The molecule has 0 radical (unpaired) electrons. The van der Waals surface area contributed by atoms with Gasteiger partial charge in [0.15, 0.2) is 5.82 Å². The molecule has 0 spiro atoms. The van der Waals surface area contributed by atoms with Gasteiger partial charge in [-0.15, -0.1) is 0 Å². The second kappa shape index (κ2) is 5.44. The number of amides is 1. The second-order valence-electron chi connectivity index (χ2n) is 4.02. The molecular formula is C11H15N5O2. The minimum absolute atomic E-state index is 0.00203. The molecule has 1 amide bonds. The van der Waals surface area contributed by atoms with E-state index in [2.05, 4.69) is 19.8 Å². The summed E-state index contributed by atoms with van der Waals surface area (Å²) in [5.74, 6) is 0.601. The Morgan fingerprint density at radius 3 is 3.06 bits per heavy atom. The average molecular weight is 249 g/mol. The van der Waals surface area contributed by atoms with Crippen LogP contribution in [0.25, 0.3) is 0 Å². The van der Waals surface area contributed by atoms with Crippen molar-refractivity contribution in [2.24, 2.45) is 0 Å². The van der Waals surface area contributed by atoms with E-state index in [1.54, 1.807) is 35.1 Å². The summed E-state index contributed by atoms with van der Waals surface area (Å²) in [5.41, 5.74) is 0. The Hall–Kier alpha value is -2.18. The fourth-order valence-electron chi connectivity index (χ4n) is 1.62. The zero-order chi connectivity index (χ0) is 13.0. The zero-order valence-corrected chi connectivity index (χ0v) is 10.4. The molecule has 7 heteroatoms. The predicted molar refractivity (Wildman–Crippen MR) is 62.6 cm³/mol. The summed E-state index contributed by atoms with van der Waals surface area (Å²) in [4.78, 5) is 17.7. The van der Waals surface area contributed by atoms with Gasteiger partial charge in [-0.2, -0.15) is 10.1 Å². The molecule has 0 saturated heterocycles. The molecule has 0 aromatic carbocycles. The maximum absolute atomic E-state index is 12.1. The van der Waals surface area contributed by atoms with E-state index in [0.29, 0.717) is 18.8 Å². The molecule has 0 bridgehead atoms. The number of hydrogen-bond acceptors (Lipinski definition) is 5. The van der Waals surface area contributed by atoms with Gasteiger partial charge >= 0.3 is 0 Å². The monoisotopic (exact) mass is 249 g/mol. The Morgan fingerprint density at radius 2 is 2.44 bits per heavy atom. The normalized spacial score (nSPS) is 12.3. The number of nitrogens with zero attached hydrogens (tertiary/aromatic N) is 5. The van der Waals surface area contributed by atoms with Crippen LogP contribution in [-0.4, -0.2) is 44.3 Å². The van der Waals surface area contributed by atoms with E-state index in [9.17, 15) is 4.79 Å². The summed E-state index contributed by atoms with van der Waals surface area (Å²) in [6.07, 6.45) is 5.28. The van der Waals surface area contributed by atoms with Gasteiger partial charge in [-0.05, 0) is 13.0 Å². The van der Waals surface area contributed by atoms with Crippen molar-refractivity contribution >= 4 is 5.91 Å². The molecule has 7 nitrogen and oxygen atoms in total. The number of carbonyl (C=O) groups excluding carboxylic acids is 1. The van der Waals surface area contributed by atoms with Crippen LogP contribution in [0.5, 0.6) is 0 Å². The maximum Gasteiger partial charge on any atom is 0.246 e. The molecule has 0 aliphatic heterocycles. The molecule has 0 saturated carbocycles. The van der Waals surface area contributed by atoms with Gasteiger partial charge in [0.25, 0.3) is 0 Å². The first-order valence-electron chi connectivity index (χ1n) is 5.68. The largest absolute Gasteiger partial charge is 0.343 e. The molecule has 1 atom stereocenters. The highest BCUT2D eigenvalue weighted by molar-refractivity contribution is 5.79. The summed E-state index contributed by atoms with van der Waals surface area (Å²) in [7, 11) is 1.75. The van der Waals surface area contributed by atoms with Crippen molar-refractivity contribution in [1.29, 1.82) is 0 Å². The lowest BCUT2D eigenvalue weighted by Crippen LogP contribution is -2.34. The van der Waals surface area contributed by atoms with Crippen molar-refractivity contribution in [1.82, 2.24) is 24.8 Å². The Balaban J connectivity index is 1.88. The van der Waals surface area contributed by atoms with Gasteiger partial charge in [-0.25, -0.2) is 0 Å². The summed E-state index contributed by atoms with van der Waals surface area (Å²) in [6.45, 7) is 2.37. The van der Waals surface area contributed by atoms with Crippen molar-refractivity contribution in [3.63, 3.8) is 0 Å². The van der Waals surface area contributed by atoms with Gasteiger partial charge in [0.05, 0.1) is 0 Å². The highest BCUT2D eigenvalue weighted by atomic mass is 16.5. The number of aromatic nitrogens is 4. The minimum atomic E-state index is -0.310. The van der Waals surface area contributed by atoms with E-state index in [4.69, 9.17) is 0 Å². The molecule has 0 unspecified atom stereocenters. The maximum atomic E-state index is 12.1. The van der Waals surface area contributed by atoms with Crippen molar-refractivity contribution in [2.45, 2.75) is 19.4 Å². The molecule has 0 fully saturated rings. The van der Waals surface area contributed by atoms with Gasteiger partial charge in [-0.3, -0.25) is 9.48 Å². The summed E-state index contributed by atoms with van der Waals surface area (Å²) in [5, 5.41) is 7.76. The summed E-state index contributed by atoms with van der Waals surface area (Å²) in [6, 6.07) is 1.48. The lowest BCUT2D eigenvalue weighted by molar-refractivity contribution is -0.133. The first-order valence-corrected chi connectivity index (χ1v) is 5.68. The van der Waals surface area contributed by atoms with Crippen LogP contribution in [0.2, 0.25) is 0 Å². The molecule has 2 heterocycles. The molecule has 2 rings (SSSR count). The molecule has 2 aromatic heterocycles. The van der Waals surface area contributed by atoms with E-state index in [0.717, 1.165) is 0 Å². The van der Waals surface area contributed by atoms with Crippen LogP contribution >= 0.6 is 0 Å². The predicted octanol–water partition coefficient (Wildman–Crippen LogP) is 0.528. The van der Waals surface area contributed by atoms with Crippen molar-refractivity contribution in [3.8, 4) is 0 Å². The Bertz CT molecular complexity index is 480. The first kappa shape index (κ1) is 12.3. The van der Waals surface area contributed by atoms with Gasteiger partial charge in [0, 0.05) is 32.4 Å². The van der Waals surface area contributed by atoms with Crippen LogP contribution in [0, 0.1) is 0 Å². The van der Waals surface area contributed by atoms with E-state index in [-0.39, 0.29) is 11.9 Å². The van der Waals surface area contributed by atoms with E-state index in [1.165, 1.54) is 6.39 Å². The molecule has 96 valence electrons. The zero-order valence-electron chi connectivity index (χ0n) is 10.4. The molecule has 0 N–H and O–H groups in total. The van der Waals surface area contributed by atoms with E-state index < -0.39 is 0 Å². The van der Waals surface area contributed by atoms with Gasteiger partial charge in [0.2, 0.25) is 12.3 Å². The molecule has 0 aliphatic rings. The minimum Gasteiger partial charge on any atom is -0.343 e. The third-order valence-corrected chi connectivity index (χ3v) is 2.73.